The van der Waals surface area contributed by atoms with Gasteiger partial charge in [-0.3, -0.25) is 4.79 Å². The number of rotatable bonds is 6. The second-order valence-corrected chi connectivity index (χ2v) is 7.23. The van der Waals surface area contributed by atoms with Crippen LogP contribution in [0.2, 0.25) is 0 Å². The summed E-state index contributed by atoms with van der Waals surface area (Å²) >= 11 is 0. The summed E-state index contributed by atoms with van der Waals surface area (Å²) in [5.41, 5.74) is 12.0. The lowest BCUT2D eigenvalue weighted by Gasteiger charge is -2.13. The molecule has 0 saturated heterocycles. The zero-order valence-electron chi connectivity index (χ0n) is 16.7. The van der Waals surface area contributed by atoms with Gasteiger partial charge in [0, 0.05) is 11.3 Å². The van der Waals surface area contributed by atoms with E-state index >= 15 is 0 Å². The Morgan fingerprint density at radius 1 is 1.03 bits per heavy atom. The van der Waals surface area contributed by atoms with E-state index in [0.29, 0.717) is 18.0 Å². The van der Waals surface area contributed by atoms with E-state index < -0.39 is 6.04 Å². The summed E-state index contributed by atoms with van der Waals surface area (Å²) < 4.78 is 5.41. The lowest BCUT2D eigenvalue weighted by atomic mass is 9.98. The molecule has 30 heavy (non-hydrogen) atoms. The summed E-state index contributed by atoms with van der Waals surface area (Å²) in [6.45, 7) is 2.06. The largest absolute Gasteiger partial charge is 0.445 e. The van der Waals surface area contributed by atoms with Gasteiger partial charge in [0.15, 0.2) is 0 Å². The number of aromatic nitrogens is 1. The van der Waals surface area contributed by atoms with Gasteiger partial charge in [0.2, 0.25) is 11.8 Å². The third kappa shape index (κ3) is 4.47. The van der Waals surface area contributed by atoms with Gasteiger partial charge in [-0.05, 0) is 59.9 Å². The molecule has 4 aromatic rings. The number of nitrogens with two attached hydrogens (primary N) is 1. The molecule has 0 saturated carbocycles. The van der Waals surface area contributed by atoms with E-state index in [1.807, 2.05) is 66.7 Å². The number of nitrogens with zero attached hydrogens (tertiary/aromatic N) is 1. The molecule has 5 heteroatoms. The summed E-state index contributed by atoms with van der Waals surface area (Å²) in [6.07, 6.45) is 3.70. The molecule has 0 aliphatic rings. The van der Waals surface area contributed by atoms with Gasteiger partial charge < -0.3 is 15.5 Å². The van der Waals surface area contributed by atoms with Crippen molar-refractivity contribution in [3.8, 4) is 22.6 Å². The van der Waals surface area contributed by atoms with Gasteiger partial charge in [0.25, 0.3) is 0 Å². The molecule has 0 spiro atoms. The molecule has 5 nitrogen and oxygen atoms in total. The molecule has 1 aromatic heterocycles. The van der Waals surface area contributed by atoms with Crippen molar-refractivity contribution >= 4 is 11.6 Å². The molecule has 0 aliphatic heterocycles. The fraction of sp³-hybridized carbons (Fsp3) is 0.120. The van der Waals surface area contributed by atoms with E-state index in [0.717, 1.165) is 27.8 Å². The maximum atomic E-state index is 12.4. The van der Waals surface area contributed by atoms with Gasteiger partial charge in [0.1, 0.15) is 6.26 Å². The topological polar surface area (TPSA) is 81.2 Å². The van der Waals surface area contributed by atoms with Gasteiger partial charge in [-0.25, -0.2) is 4.98 Å². The molecule has 150 valence electrons. The Kier molecular flexibility index (Phi) is 5.72. The molecule has 1 atom stereocenters. The maximum absolute atomic E-state index is 12.4. The zero-order chi connectivity index (χ0) is 20.9. The Balaban J connectivity index is 1.47. The van der Waals surface area contributed by atoms with Crippen molar-refractivity contribution < 1.29 is 9.21 Å². The highest BCUT2D eigenvalue weighted by Crippen LogP contribution is 2.29. The van der Waals surface area contributed by atoms with Crippen molar-refractivity contribution in [3.63, 3.8) is 0 Å². The number of anilines is 1. The number of aryl methyl sites for hydroxylation is 1. The first-order valence-electron chi connectivity index (χ1n) is 9.81. The molecule has 0 aliphatic carbocycles. The highest BCUT2D eigenvalue weighted by atomic mass is 16.3. The fourth-order valence-electron chi connectivity index (χ4n) is 3.36. The second-order valence-electron chi connectivity index (χ2n) is 7.23. The van der Waals surface area contributed by atoms with Crippen LogP contribution < -0.4 is 11.1 Å². The maximum Gasteiger partial charge on any atom is 0.241 e. The lowest BCUT2D eigenvalue weighted by Crippen LogP contribution is -2.37. The van der Waals surface area contributed by atoms with Crippen molar-refractivity contribution in [2.24, 2.45) is 5.73 Å². The Labute approximate surface area is 175 Å². The van der Waals surface area contributed by atoms with Crippen LogP contribution in [-0.4, -0.2) is 16.9 Å². The van der Waals surface area contributed by atoms with Crippen molar-refractivity contribution in [2.45, 2.75) is 19.4 Å². The van der Waals surface area contributed by atoms with Gasteiger partial charge in [0.05, 0.1) is 12.2 Å². The van der Waals surface area contributed by atoms with Crippen LogP contribution in [0.5, 0.6) is 0 Å². The van der Waals surface area contributed by atoms with Crippen molar-refractivity contribution in [3.05, 3.63) is 96.4 Å². The van der Waals surface area contributed by atoms with E-state index in [1.165, 1.54) is 0 Å². The normalized spacial score (nSPS) is 11.8. The summed E-state index contributed by atoms with van der Waals surface area (Å²) in [4.78, 5) is 16.7. The minimum Gasteiger partial charge on any atom is -0.445 e. The number of carbonyl (C=O) groups is 1. The standard InChI is InChI=1S/C25H23N3O2/c1-17-7-8-20(25-27-13-14-30-25)16-22(17)19-9-11-21(12-10-19)28-24(29)23(26)15-18-5-3-2-4-6-18/h2-14,16,23H,15,26H2,1H3,(H,28,29). The summed E-state index contributed by atoms with van der Waals surface area (Å²) in [6, 6.07) is 23.0. The van der Waals surface area contributed by atoms with E-state index in [2.05, 4.69) is 23.3 Å². The van der Waals surface area contributed by atoms with Crippen molar-refractivity contribution in [1.82, 2.24) is 4.98 Å². The van der Waals surface area contributed by atoms with Crippen molar-refractivity contribution in [2.75, 3.05) is 5.32 Å². The quantitative estimate of drug-likeness (QED) is 0.488. The van der Waals surface area contributed by atoms with Crippen LogP contribution >= 0.6 is 0 Å². The smallest absolute Gasteiger partial charge is 0.241 e. The van der Waals surface area contributed by atoms with Gasteiger partial charge in [-0.15, -0.1) is 0 Å². The van der Waals surface area contributed by atoms with E-state index in [1.54, 1.807) is 12.5 Å². The molecular formula is C25H23N3O2. The Hall–Kier alpha value is -3.70. The van der Waals surface area contributed by atoms with Crippen LogP contribution in [0.15, 0.2) is 89.7 Å². The average molecular weight is 397 g/mol. The first-order valence-corrected chi connectivity index (χ1v) is 9.81. The van der Waals surface area contributed by atoms with Gasteiger partial charge in [-0.2, -0.15) is 0 Å². The molecule has 0 bridgehead atoms. The predicted octanol–water partition coefficient (Wildman–Crippen LogP) is 4.83. The molecule has 3 N–H and O–H groups in total. The summed E-state index contributed by atoms with van der Waals surface area (Å²) in [7, 11) is 0. The number of carbonyl (C=O) groups excluding carboxylic acids is 1. The zero-order valence-corrected chi connectivity index (χ0v) is 16.7. The monoisotopic (exact) mass is 397 g/mol. The van der Waals surface area contributed by atoms with Crippen LogP contribution in [0.3, 0.4) is 0 Å². The number of benzene rings is 3. The number of oxazole rings is 1. The van der Waals surface area contributed by atoms with Crippen LogP contribution in [0.4, 0.5) is 5.69 Å². The van der Waals surface area contributed by atoms with E-state index in [-0.39, 0.29) is 5.91 Å². The lowest BCUT2D eigenvalue weighted by molar-refractivity contribution is -0.117. The van der Waals surface area contributed by atoms with E-state index in [4.69, 9.17) is 10.2 Å². The molecule has 4 rings (SSSR count). The van der Waals surface area contributed by atoms with Crippen LogP contribution in [0.25, 0.3) is 22.6 Å². The molecule has 3 aromatic carbocycles. The predicted molar refractivity (Wildman–Crippen MR) is 119 cm³/mol. The SMILES string of the molecule is Cc1ccc(-c2ncco2)cc1-c1ccc(NC(=O)C(N)Cc2ccccc2)cc1. The van der Waals surface area contributed by atoms with Gasteiger partial charge in [-0.1, -0.05) is 48.5 Å². The highest BCUT2D eigenvalue weighted by Gasteiger charge is 2.14. The number of hydrogen-bond donors (Lipinski definition) is 2. The highest BCUT2D eigenvalue weighted by molar-refractivity contribution is 5.95. The fourth-order valence-corrected chi connectivity index (χ4v) is 3.36. The minimum absolute atomic E-state index is 0.200. The average Bonchev–Trinajstić information content (AvgIpc) is 3.30. The minimum atomic E-state index is -0.605. The molecular weight excluding hydrogens is 374 g/mol. The molecule has 0 radical (unpaired) electrons. The molecule has 1 heterocycles. The van der Waals surface area contributed by atoms with Crippen LogP contribution in [0.1, 0.15) is 11.1 Å². The Bertz CT molecular complexity index is 1120. The Morgan fingerprint density at radius 3 is 2.47 bits per heavy atom. The first-order chi connectivity index (χ1) is 14.6. The second kappa shape index (κ2) is 8.76. The summed E-state index contributed by atoms with van der Waals surface area (Å²) in [5, 5.41) is 2.90. The number of nitrogens with one attached hydrogen (secondary N) is 1. The first kappa shape index (κ1) is 19.6. The number of amides is 1. The molecule has 1 amide bonds. The van der Waals surface area contributed by atoms with Crippen LogP contribution in [-0.2, 0) is 11.2 Å². The third-order valence-electron chi connectivity index (χ3n) is 5.02. The third-order valence-corrected chi connectivity index (χ3v) is 5.02. The van der Waals surface area contributed by atoms with Crippen molar-refractivity contribution in [1.29, 1.82) is 0 Å². The van der Waals surface area contributed by atoms with Gasteiger partial charge >= 0.3 is 0 Å². The van der Waals surface area contributed by atoms with E-state index in [9.17, 15) is 4.79 Å². The summed E-state index contributed by atoms with van der Waals surface area (Å²) in [5.74, 6) is 0.390. The Morgan fingerprint density at radius 2 is 1.77 bits per heavy atom. The molecule has 1 unspecified atom stereocenters. The van der Waals surface area contributed by atoms with Crippen LogP contribution in [0, 0.1) is 6.92 Å². The number of hydrogen-bond acceptors (Lipinski definition) is 4. The molecule has 0 fully saturated rings.